The van der Waals surface area contributed by atoms with Crippen LogP contribution in [0.5, 0.6) is 0 Å². The summed E-state index contributed by atoms with van der Waals surface area (Å²) in [5, 5.41) is 8.96. The summed E-state index contributed by atoms with van der Waals surface area (Å²) in [6.07, 6.45) is 16.9. The Morgan fingerprint density at radius 1 is 0.750 bits per heavy atom. The number of aliphatic carboxylic acids is 1. The Hall–Kier alpha value is -0.530. The average molecular weight is 284 g/mol. The van der Waals surface area contributed by atoms with Gasteiger partial charge in [-0.2, -0.15) is 0 Å². The van der Waals surface area contributed by atoms with Crippen LogP contribution in [0.2, 0.25) is 0 Å². The minimum absolute atomic E-state index is 0.375. The van der Waals surface area contributed by atoms with Crippen LogP contribution in [0.15, 0.2) is 0 Å². The van der Waals surface area contributed by atoms with Crippen molar-refractivity contribution in [3.63, 3.8) is 0 Å². The van der Waals surface area contributed by atoms with Crippen LogP contribution < -0.4 is 0 Å². The Balaban J connectivity index is 3.54. The highest BCUT2D eigenvalue weighted by Gasteiger charge is 2.12. The van der Waals surface area contributed by atoms with E-state index in [-0.39, 0.29) is 0 Å². The normalized spacial score (nSPS) is 12.5. The van der Waals surface area contributed by atoms with Crippen LogP contribution in [-0.2, 0) is 4.79 Å². The van der Waals surface area contributed by atoms with Gasteiger partial charge in [0.25, 0.3) is 0 Å². The molecule has 1 atom stereocenters. The third-order valence-corrected chi connectivity index (χ3v) is 4.15. The van der Waals surface area contributed by atoms with Gasteiger partial charge in [-0.05, 0) is 18.8 Å². The highest BCUT2D eigenvalue weighted by molar-refractivity contribution is 5.66. The van der Waals surface area contributed by atoms with Crippen LogP contribution in [0.1, 0.15) is 104 Å². The summed E-state index contributed by atoms with van der Waals surface area (Å²) in [4.78, 5) is 10.9. The second kappa shape index (κ2) is 14.9. The van der Waals surface area contributed by atoms with Crippen LogP contribution in [0.3, 0.4) is 0 Å². The molecule has 0 radical (unpaired) electrons. The highest BCUT2D eigenvalue weighted by atomic mass is 16.4. The Morgan fingerprint density at radius 3 is 1.65 bits per heavy atom. The van der Waals surface area contributed by atoms with Gasteiger partial charge in [0.15, 0.2) is 0 Å². The Morgan fingerprint density at radius 2 is 1.15 bits per heavy atom. The van der Waals surface area contributed by atoms with Crippen LogP contribution in [0.25, 0.3) is 0 Å². The van der Waals surface area contributed by atoms with Crippen molar-refractivity contribution in [1.82, 2.24) is 0 Å². The molecule has 0 rings (SSSR count). The lowest BCUT2D eigenvalue weighted by Gasteiger charge is -2.14. The van der Waals surface area contributed by atoms with Gasteiger partial charge in [0, 0.05) is 6.42 Å². The molecule has 0 aliphatic carbocycles. The van der Waals surface area contributed by atoms with Gasteiger partial charge in [0.1, 0.15) is 0 Å². The number of rotatable bonds is 15. The summed E-state index contributed by atoms with van der Waals surface area (Å²) in [6.45, 7) is 4.45. The van der Waals surface area contributed by atoms with Crippen molar-refractivity contribution >= 4 is 5.97 Å². The molecule has 0 saturated carbocycles. The third kappa shape index (κ3) is 13.9. The fourth-order valence-electron chi connectivity index (χ4n) is 2.85. The van der Waals surface area contributed by atoms with Crippen molar-refractivity contribution in [1.29, 1.82) is 0 Å². The van der Waals surface area contributed by atoms with Gasteiger partial charge in [-0.1, -0.05) is 84.5 Å². The van der Waals surface area contributed by atoms with Crippen LogP contribution >= 0.6 is 0 Å². The van der Waals surface area contributed by atoms with E-state index in [2.05, 4.69) is 13.8 Å². The molecule has 1 N–H and O–H groups in total. The molecule has 0 aromatic heterocycles. The lowest BCUT2D eigenvalue weighted by atomic mass is 9.92. The predicted molar refractivity (Wildman–Crippen MR) is 87.1 cm³/mol. The summed E-state index contributed by atoms with van der Waals surface area (Å²) in [6, 6.07) is 0. The van der Waals surface area contributed by atoms with Gasteiger partial charge in [-0.25, -0.2) is 0 Å². The minimum atomic E-state index is -0.619. The zero-order chi connectivity index (χ0) is 15.1. The van der Waals surface area contributed by atoms with E-state index in [1.165, 1.54) is 70.6 Å². The molecule has 1 unspecified atom stereocenters. The number of hydrogen-bond acceptors (Lipinski definition) is 1. The minimum Gasteiger partial charge on any atom is -0.481 e. The van der Waals surface area contributed by atoms with E-state index in [1.54, 1.807) is 0 Å². The quantitative estimate of drug-likeness (QED) is 0.364. The molecule has 2 heteroatoms. The van der Waals surface area contributed by atoms with E-state index in [0.717, 1.165) is 12.8 Å². The first-order valence-electron chi connectivity index (χ1n) is 8.92. The molecule has 0 bridgehead atoms. The van der Waals surface area contributed by atoms with E-state index in [4.69, 9.17) is 5.11 Å². The first kappa shape index (κ1) is 19.5. The summed E-state index contributed by atoms with van der Waals surface area (Å²) >= 11 is 0. The molecular formula is C18H36O2. The van der Waals surface area contributed by atoms with E-state index < -0.39 is 5.97 Å². The second-order valence-electron chi connectivity index (χ2n) is 6.22. The van der Waals surface area contributed by atoms with E-state index >= 15 is 0 Å². The highest BCUT2D eigenvalue weighted by Crippen LogP contribution is 2.21. The van der Waals surface area contributed by atoms with Gasteiger partial charge < -0.3 is 5.11 Å². The molecule has 120 valence electrons. The van der Waals surface area contributed by atoms with Gasteiger partial charge in [-0.3, -0.25) is 4.79 Å². The topological polar surface area (TPSA) is 37.3 Å². The molecule has 0 aliphatic heterocycles. The Labute approximate surface area is 126 Å². The second-order valence-corrected chi connectivity index (χ2v) is 6.22. The monoisotopic (exact) mass is 284 g/mol. The van der Waals surface area contributed by atoms with Crippen molar-refractivity contribution in [2.45, 2.75) is 104 Å². The molecule has 0 aromatic rings. The maximum atomic E-state index is 10.9. The zero-order valence-electron chi connectivity index (χ0n) is 13.8. The summed E-state index contributed by atoms with van der Waals surface area (Å²) in [5.41, 5.74) is 0. The van der Waals surface area contributed by atoms with Crippen molar-refractivity contribution in [3.8, 4) is 0 Å². The van der Waals surface area contributed by atoms with Gasteiger partial charge in [0.2, 0.25) is 0 Å². The smallest absolute Gasteiger partial charge is 0.303 e. The largest absolute Gasteiger partial charge is 0.481 e. The SMILES string of the molecule is CCCCCCCCCCC(CCCCC)CC(=O)O. The van der Waals surface area contributed by atoms with E-state index in [0.29, 0.717) is 12.3 Å². The van der Waals surface area contributed by atoms with Crippen molar-refractivity contribution in [2.24, 2.45) is 5.92 Å². The lowest BCUT2D eigenvalue weighted by Crippen LogP contribution is -2.08. The van der Waals surface area contributed by atoms with Gasteiger partial charge >= 0.3 is 5.97 Å². The number of carboxylic acids is 1. The van der Waals surface area contributed by atoms with Crippen molar-refractivity contribution in [3.05, 3.63) is 0 Å². The fourth-order valence-corrected chi connectivity index (χ4v) is 2.85. The maximum absolute atomic E-state index is 10.9. The number of unbranched alkanes of at least 4 members (excludes halogenated alkanes) is 9. The number of carboxylic acid groups (broad SMARTS) is 1. The molecule has 0 spiro atoms. The molecule has 0 aromatic carbocycles. The fraction of sp³-hybridized carbons (Fsp3) is 0.944. The summed E-state index contributed by atoms with van der Waals surface area (Å²) in [5.74, 6) is -0.204. The van der Waals surface area contributed by atoms with Crippen molar-refractivity contribution in [2.75, 3.05) is 0 Å². The first-order valence-corrected chi connectivity index (χ1v) is 8.92. The standard InChI is InChI=1S/C18H36O2/c1-3-5-7-8-9-10-11-13-15-17(16-18(19)20)14-12-6-4-2/h17H,3-16H2,1-2H3,(H,19,20). The first-order chi connectivity index (χ1) is 9.70. The van der Waals surface area contributed by atoms with Crippen LogP contribution in [0, 0.1) is 5.92 Å². The van der Waals surface area contributed by atoms with E-state index in [1.807, 2.05) is 0 Å². The average Bonchev–Trinajstić information content (AvgIpc) is 2.41. The maximum Gasteiger partial charge on any atom is 0.303 e. The lowest BCUT2D eigenvalue weighted by molar-refractivity contribution is -0.138. The molecular weight excluding hydrogens is 248 g/mol. The molecule has 20 heavy (non-hydrogen) atoms. The number of hydrogen-bond donors (Lipinski definition) is 1. The number of carbonyl (C=O) groups is 1. The third-order valence-electron chi connectivity index (χ3n) is 4.15. The van der Waals surface area contributed by atoms with Gasteiger partial charge in [-0.15, -0.1) is 0 Å². The summed E-state index contributed by atoms with van der Waals surface area (Å²) in [7, 11) is 0. The van der Waals surface area contributed by atoms with Crippen LogP contribution in [-0.4, -0.2) is 11.1 Å². The zero-order valence-corrected chi connectivity index (χ0v) is 13.8. The van der Waals surface area contributed by atoms with Gasteiger partial charge in [0.05, 0.1) is 0 Å². The molecule has 2 nitrogen and oxygen atoms in total. The van der Waals surface area contributed by atoms with Crippen LogP contribution in [0.4, 0.5) is 0 Å². The molecule has 0 aliphatic rings. The van der Waals surface area contributed by atoms with Crippen molar-refractivity contribution < 1.29 is 9.90 Å². The Bertz CT molecular complexity index is 213. The Kier molecular flexibility index (Phi) is 14.5. The van der Waals surface area contributed by atoms with E-state index in [9.17, 15) is 4.79 Å². The molecule has 0 heterocycles. The summed E-state index contributed by atoms with van der Waals surface area (Å²) < 4.78 is 0. The molecule has 0 fully saturated rings. The predicted octanol–water partition coefficient (Wildman–Crippen LogP) is 6.19. The molecule has 0 saturated heterocycles. The molecule has 0 amide bonds.